The predicted octanol–water partition coefficient (Wildman–Crippen LogP) is 3.22. The van der Waals surface area contributed by atoms with E-state index in [1.165, 1.54) is 0 Å². The maximum Gasteiger partial charge on any atom is 0.272 e. The fourth-order valence-corrected chi connectivity index (χ4v) is 2.16. The summed E-state index contributed by atoms with van der Waals surface area (Å²) in [4.78, 5) is 14.7. The number of aromatic nitrogens is 1. The van der Waals surface area contributed by atoms with Crippen molar-refractivity contribution in [3.8, 4) is 0 Å². The Morgan fingerprint density at radius 1 is 1.41 bits per heavy atom. The van der Waals surface area contributed by atoms with Gasteiger partial charge in [0.1, 0.15) is 5.69 Å². The van der Waals surface area contributed by atoms with Crippen molar-refractivity contribution in [1.29, 1.82) is 0 Å². The molecule has 0 spiro atoms. The summed E-state index contributed by atoms with van der Waals surface area (Å²) in [6.45, 7) is 0. The van der Waals surface area contributed by atoms with Crippen molar-refractivity contribution in [2.75, 3.05) is 11.1 Å². The molecule has 0 aliphatic rings. The number of anilines is 2. The molecular weight excluding hydrogens is 397 g/mol. The van der Waals surface area contributed by atoms with Gasteiger partial charge in [0, 0.05) is 19.9 Å². The van der Waals surface area contributed by atoms with Crippen LogP contribution in [-0.2, 0) is 0 Å². The van der Waals surface area contributed by atoms with Crippen LogP contribution in [0.3, 0.4) is 0 Å². The van der Waals surface area contributed by atoms with E-state index in [2.05, 4.69) is 48.8 Å². The van der Waals surface area contributed by atoms with E-state index in [0.717, 1.165) is 13.7 Å². The molecule has 1 aromatic heterocycles. The van der Waals surface area contributed by atoms with Crippen LogP contribution in [-0.4, -0.2) is 10.9 Å². The molecule has 0 saturated heterocycles. The molecule has 1 amide bonds. The molecule has 4 nitrogen and oxygen atoms in total. The van der Waals surface area contributed by atoms with E-state index in [1.54, 1.807) is 12.3 Å². The SMILES string of the molecule is Nc1c[nH]c(C(=O)Nc2cc(Br)ccc2I)c1. The maximum absolute atomic E-state index is 11.9. The first-order chi connectivity index (χ1) is 8.06. The summed E-state index contributed by atoms with van der Waals surface area (Å²) >= 11 is 5.53. The van der Waals surface area contributed by atoms with Crippen molar-refractivity contribution in [1.82, 2.24) is 4.98 Å². The molecule has 2 aromatic rings. The van der Waals surface area contributed by atoms with Gasteiger partial charge in [0.05, 0.1) is 5.69 Å². The van der Waals surface area contributed by atoms with Gasteiger partial charge in [-0.05, 0) is 46.9 Å². The number of hydrogen-bond acceptors (Lipinski definition) is 2. The van der Waals surface area contributed by atoms with Gasteiger partial charge in [0.15, 0.2) is 0 Å². The number of halogens is 2. The van der Waals surface area contributed by atoms with E-state index >= 15 is 0 Å². The Bertz CT molecular complexity index is 568. The second kappa shape index (κ2) is 5.09. The molecule has 0 saturated carbocycles. The van der Waals surface area contributed by atoms with Gasteiger partial charge >= 0.3 is 0 Å². The third kappa shape index (κ3) is 3.01. The Morgan fingerprint density at radius 3 is 2.82 bits per heavy atom. The molecule has 0 unspecified atom stereocenters. The second-order valence-corrected chi connectivity index (χ2v) is 5.50. The zero-order valence-electron chi connectivity index (χ0n) is 8.63. The van der Waals surface area contributed by atoms with Crippen LogP contribution < -0.4 is 11.1 Å². The number of carbonyl (C=O) groups is 1. The molecule has 17 heavy (non-hydrogen) atoms. The van der Waals surface area contributed by atoms with Crippen molar-refractivity contribution in [3.05, 3.63) is 44.2 Å². The number of rotatable bonds is 2. The lowest BCUT2D eigenvalue weighted by atomic mass is 10.3. The third-order valence-corrected chi connectivity index (χ3v) is 3.56. The van der Waals surface area contributed by atoms with E-state index in [4.69, 9.17) is 5.73 Å². The molecule has 1 aromatic carbocycles. The van der Waals surface area contributed by atoms with Gasteiger partial charge in [-0.2, -0.15) is 0 Å². The minimum atomic E-state index is -0.210. The zero-order valence-corrected chi connectivity index (χ0v) is 12.4. The fraction of sp³-hybridized carbons (Fsp3) is 0. The van der Waals surface area contributed by atoms with Crippen LogP contribution in [0.1, 0.15) is 10.5 Å². The molecule has 2 rings (SSSR count). The Kier molecular flexibility index (Phi) is 3.72. The number of carbonyl (C=O) groups excluding carboxylic acids is 1. The fourth-order valence-electron chi connectivity index (χ4n) is 1.33. The summed E-state index contributed by atoms with van der Waals surface area (Å²) < 4.78 is 1.89. The molecule has 0 radical (unpaired) electrons. The molecular formula is C11H9BrIN3O. The monoisotopic (exact) mass is 405 g/mol. The van der Waals surface area contributed by atoms with Crippen LogP contribution in [0.4, 0.5) is 11.4 Å². The Hall–Kier alpha value is -1.02. The molecule has 1 heterocycles. The smallest absolute Gasteiger partial charge is 0.272 e. The van der Waals surface area contributed by atoms with Crippen LogP contribution in [0.15, 0.2) is 34.9 Å². The summed E-state index contributed by atoms with van der Waals surface area (Å²) in [7, 11) is 0. The molecule has 0 fully saturated rings. The van der Waals surface area contributed by atoms with Crippen molar-refractivity contribution in [2.24, 2.45) is 0 Å². The van der Waals surface area contributed by atoms with E-state index < -0.39 is 0 Å². The number of H-pyrrole nitrogens is 1. The Balaban J connectivity index is 2.21. The van der Waals surface area contributed by atoms with Crippen molar-refractivity contribution >= 4 is 55.8 Å². The zero-order chi connectivity index (χ0) is 12.4. The van der Waals surface area contributed by atoms with Gasteiger partial charge in [-0.15, -0.1) is 0 Å². The molecule has 6 heteroatoms. The average molecular weight is 406 g/mol. The molecule has 0 aliphatic carbocycles. The van der Waals surface area contributed by atoms with Crippen molar-refractivity contribution in [2.45, 2.75) is 0 Å². The molecule has 0 bridgehead atoms. The van der Waals surface area contributed by atoms with E-state index in [-0.39, 0.29) is 5.91 Å². The highest BCUT2D eigenvalue weighted by Crippen LogP contribution is 2.23. The number of nitrogen functional groups attached to an aromatic ring is 1. The summed E-state index contributed by atoms with van der Waals surface area (Å²) in [5.41, 5.74) is 7.29. The molecule has 0 aliphatic heterocycles. The van der Waals surface area contributed by atoms with Gasteiger partial charge < -0.3 is 16.0 Å². The largest absolute Gasteiger partial charge is 0.397 e. The molecule has 0 atom stereocenters. The minimum absolute atomic E-state index is 0.210. The summed E-state index contributed by atoms with van der Waals surface area (Å²) in [5, 5.41) is 2.82. The van der Waals surface area contributed by atoms with Crippen LogP contribution in [0, 0.1) is 3.57 Å². The van der Waals surface area contributed by atoms with Crippen molar-refractivity contribution < 1.29 is 4.79 Å². The first-order valence-electron chi connectivity index (χ1n) is 4.76. The maximum atomic E-state index is 11.9. The number of aromatic amines is 1. The van der Waals surface area contributed by atoms with Crippen molar-refractivity contribution in [3.63, 3.8) is 0 Å². The van der Waals surface area contributed by atoms with Gasteiger partial charge in [0.25, 0.3) is 5.91 Å². The lowest BCUT2D eigenvalue weighted by molar-refractivity contribution is 0.102. The second-order valence-electron chi connectivity index (χ2n) is 3.42. The summed E-state index contributed by atoms with van der Waals surface area (Å²) in [6, 6.07) is 7.29. The molecule has 4 N–H and O–H groups in total. The minimum Gasteiger partial charge on any atom is -0.397 e. The summed E-state index contributed by atoms with van der Waals surface area (Å²) in [5.74, 6) is -0.210. The number of nitrogens with one attached hydrogen (secondary N) is 2. The predicted molar refractivity (Wildman–Crippen MR) is 80.0 cm³/mol. The van der Waals surface area contributed by atoms with Crippen LogP contribution >= 0.6 is 38.5 Å². The first kappa shape index (κ1) is 12.4. The van der Waals surface area contributed by atoms with Crippen LogP contribution in [0.2, 0.25) is 0 Å². The van der Waals surface area contributed by atoms with E-state index in [9.17, 15) is 4.79 Å². The third-order valence-electron chi connectivity index (χ3n) is 2.13. The highest BCUT2D eigenvalue weighted by atomic mass is 127. The lowest BCUT2D eigenvalue weighted by Crippen LogP contribution is -2.13. The number of hydrogen-bond donors (Lipinski definition) is 3. The van der Waals surface area contributed by atoms with Gasteiger partial charge in [-0.25, -0.2) is 0 Å². The number of amides is 1. The first-order valence-corrected chi connectivity index (χ1v) is 6.64. The number of nitrogens with two attached hydrogens (primary N) is 1. The Morgan fingerprint density at radius 2 is 2.18 bits per heavy atom. The Labute approximate surface area is 120 Å². The van der Waals surface area contributed by atoms with Crippen LogP contribution in [0.5, 0.6) is 0 Å². The van der Waals surface area contributed by atoms with Gasteiger partial charge in [0.2, 0.25) is 0 Å². The highest BCUT2D eigenvalue weighted by Gasteiger charge is 2.10. The van der Waals surface area contributed by atoms with Crippen LogP contribution in [0.25, 0.3) is 0 Å². The van der Waals surface area contributed by atoms with E-state index in [0.29, 0.717) is 11.4 Å². The number of benzene rings is 1. The average Bonchev–Trinajstić information content (AvgIpc) is 2.70. The lowest BCUT2D eigenvalue weighted by Gasteiger charge is -2.06. The standard InChI is InChI=1S/C11H9BrIN3O/c12-6-1-2-8(13)9(3-6)16-11(17)10-4-7(14)5-15-10/h1-5,15H,14H2,(H,16,17). The van der Waals surface area contributed by atoms with Gasteiger partial charge in [-0.3, -0.25) is 4.79 Å². The molecule has 88 valence electrons. The normalized spacial score (nSPS) is 10.2. The van der Waals surface area contributed by atoms with Gasteiger partial charge in [-0.1, -0.05) is 15.9 Å². The summed E-state index contributed by atoms with van der Waals surface area (Å²) in [6.07, 6.45) is 1.58. The van der Waals surface area contributed by atoms with E-state index in [1.807, 2.05) is 18.2 Å². The quantitative estimate of drug-likeness (QED) is 0.671. The highest BCUT2D eigenvalue weighted by molar-refractivity contribution is 14.1. The topological polar surface area (TPSA) is 70.9 Å².